The van der Waals surface area contributed by atoms with Gasteiger partial charge in [-0.15, -0.1) is 0 Å². The van der Waals surface area contributed by atoms with Crippen LogP contribution in [0.25, 0.3) is 0 Å². The molecule has 0 aromatic rings. The van der Waals surface area contributed by atoms with E-state index in [1.165, 1.54) is 0 Å². The van der Waals surface area contributed by atoms with Crippen molar-refractivity contribution in [1.82, 2.24) is 0 Å². The number of hydrogen-bond donors (Lipinski definition) is 1. The van der Waals surface area contributed by atoms with Gasteiger partial charge < -0.3 is 28.5 Å². The Hall–Kier alpha value is -4.31. The second-order valence-corrected chi connectivity index (χ2v) is 17.0. The van der Waals surface area contributed by atoms with Crippen molar-refractivity contribution in [3.05, 3.63) is 122 Å². The van der Waals surface area contributed by atoms with E-state index in [0.29, 0.717) is 23.9 Å². The van der Waals surface area contributed by atoms with Gasteiger partial charge in [0.25, 0.3) is 6.29 Å². The Labute approximate surface area is 396 Å². The Balaban J connectivity index is 4.43. The monoisotopic (exact) mass is 905 g/mol. The summed E-state index contributed by atoms with van der Waals surface area (Å²) in [6.45, 7) is 4.54. The molecular formula is C56H90NO8+. The molecule has 0 heterocycles. The third-order valence-corrected chi connectivity index (χ3v) is 9.71. The molecule has 0 aliphatic rings. The molecule has 1 N–H and O–H groups in total. The molecule has 2 atom stereocenters. The molecule has 2 unspecified atom stereocenters. The fourth-order valence-corrected chi connectivity index (χ4v) is 5.95. The molecule has 65 heavy (non-hydrogen) atoms. The van der Waals surface area contributed by atoms with Crippen molar-refractivity contribution in [2.24, 2.45) is 0 Å². The highest BCUT2D eigenvalue weighted by Crippen LogP contribution is 2.12. The number of rotatable bonds is 43. The average Bonchev–Trinajstić information content (AvgIpc) is 3.27. The number of carbonyl (C=O) groups excluding carboxylic acids is 2. The van der Waals surface area contributed by atoms with E-state index in [9.17, 15) is 19.5 Å². The lowest BCUT2D eigenvalue weighted by molar-refractivity contribution is -0.870. The predicted octanol–water partition coefficient (Wildman–Crippen LogP) is 13.8. The highest BCUT2D eigenvalue weighted by molar-refractivity contribution is 5.71. The number of hydrogen-bond acceptors (Lipinski definition) is 7. The average molecular weight is 905 g/mol. The second kappa shape index (κ2) is 46.2. The topological polar surface area (TPSA) is 108 Å². The number of carboxylic acid groups (broad SMARTS) is 1. The first-order valence-electron chi connectivity index (χ1n) is 24.7. The van der Waals surface area contributed by atoms with Crippen LogP contribution in [-0.2, 0) is 33.3 Å². The number of unbranched alkanes of at least 4 members (excludes halogenated alkanes) is 8. The minimum Gasteiger partial charge on any atom is -0.477 e. The zero-order chi connectivity index (χ0) is 47.7. The maximum atomic E-state index is 12.8. The van der Waals surface area contributed by atoms with Gasteiger partial charge >= 0.3 is 17.9 Å². The van der Waals surface area contributed by atoms with E-state index < -0.39 is 24.3 Å². The van der Waals surface area contributed by atoms with Crippen molar-refractivity contribution in [3.63, 3.8) is 0 Å². The molecule has 9 heteroatoms. The lowest BCUT2D eigenvalue weighted by Gasteiger charge is -2.25. The summed E-state index contributed by atoms with van der Waals surface area (Å²) in [6, 6.07) is 0. The first-order chi connectivity index (χ1) is 31.6. The Morgan fingerprint density at radius 3 is 1.25 bits per heavy atom. The third-order valence-electron chi connectivity index (χ3n) is 9.71. The number of ether oxygens (including phenoxy) is 4. The predicted molar refractivity (Wildman–Crippen MR) is 271 cm³/mol. The molecule has 0 aromatic carbocycles. The molecule has 366 valence electrons. The summed E-state index contributed by atoms with van der Waals surface area (Å²) < 4.78 is 22.7. The molecule has 0 fully saturated rings. The summed E-state index contributed by atoms with van der Waals surface area (Å²) in [6.07, 6.45) is 61.3. The van der Waals surface area contributed by atoms with E-state index in [0.717, 1.165) is 116 Å². The van der Waals surface area contributed by atoms with Gasteiger partial charge in [-0.2, -0.15) is 0 Å². The number of quaternary nitrogens is 1. The largest absolute Gasteiger partial charge is 0.477 e. The summed E-state index contributed by atoms with van der Waals surface area (Å²) in [5, 5.41) is 9.65. The minimum atomic E-state index is -1.53. The number of esters is 2. The molecule has 0 amide bonds. The molecule has 0 radical (unpaired) electrons. The van der Waals surface area contributed by atoms with Crippen LogP contribution in [0, 0.1) is 0 Å². The smallest absolute Gasteiger partial charge is 0.361 e. The molecule has 9 nitrogen and oxygen atoms in total. The summed E-state index contributed by atoms with van der Waals surface area (Å²) in [5.41, 5.74) is 0. The first kappa shape index (κ1) is 60.7. The molecule has 0 aliphatic heterocycles. The summed E-state index contributed by atoms with van der Waals surface area (Å²) in [5.74, 6) is -2.09. The van der Waals surface area contributed by atoms with Crippen molar-refractivity contribution in [1.29, 1.82) is 0 Å². The van der Waals surface area contributed by atoms with Crippen LogP contribution >= 0.6 is 0 Å². The van der Waals surface area contributed by atoms with Crippen molar-refractivity contribution < 1.29 is 42.9 Å². The Kier molecular flexibility index (Phi) is 43.2. The van der Waals surface area contributed by atoms with Gasteiger partial charge in [-0.1, -0.05) is 161 Å². The quantitative estimate of drug-likeness (QED) is 0.0212. The maximum Gasteiger partial charge on any atom is 0.361 e. The van der Waals surface area contributed by atoms with E-state index >= 15 is 0 Å². The van der Waals surface area contributed by atoms with Gasteiger partial charge in [0.15, 0.2) is 6.10 Å². The highest BCUT2D eigenvalue weighted by atomic mass is 16.7. The minimum absolute atomic E-state index is 0.171. The third kappa shape index (κ3) is 47.5. The molecule has 0 saturated heterocycles. The lowest BCUT2D eigenvalue weighted by Crippen LogP contribution is -2.40. The van der Waals surface area contributed by atoms with E-state index in [1.807, 2.05) is 21.1 Å². The van der Waals surface area contributed by atoms with Gasteiger partial charge in [0.2, 0.25) is 0 Å². The van der Waals surface area contributed by atoms with Gasteiger partial charge in [-0.05, 0) is 103 Å². The number of nitrogens with zero attached hydrogens (tertiary/aromatic N) is 1. The molecule has 0 bridgehead atoms. The molecule has 0 aromatic heterocycles. The van der Waals surface area contributed by atoms with Crippen LogP contribution in [0.4, 0.5) is 0 Å². The Morgan fingerprint density at radius 1 is 0.462 bits per heavy atom. The molecule has 0 rings (SSSR count). The Morgan fingerprint density at radius 2 is 0.831 bits per heavy atom. The molecular weight excluding hydrogens is 815 g/mol. The van der Waals surface area contributed by atoms with Crippen molar-refractivity contribution >= 4 is 17.9 Å². The van der Waals surface area contributed by atoms with Crippen LogP contribution in [0.2, 0.25) is 0 Å². The number of carboxylic acids is 1. The van der Waals surface area contributed by atoms with E-state index in [4.69, 9.17) is 18.9 Å². The summed E-state index contributed by atoms with van der Waals surface area (Å²) in [4.78, 5) is 37.2. The van der Waals surface area contributed by atoms with Crippen molar-refractivity contribution in [3.8, 4) is 0 Å². The van der Waals surface area contributed by atoms with Gasteiger partial charge in [-0.25, -0.2) is 4.79 Å². The van der Waals surface area contributed by atoms with Crippen LogP contribution in [0.3, 0.4) is 0 Å². The van der Waals surface area contributed by atoms with Crippen LogP contribution in [0.15, 0.2) is 122 Å². The Bertz CT molecular complexity index is 1470. The fraction of sp³-hybridized carbons (Fsp3) is 0.589. The normalized spacial score (nSPS) is 13.9. The molecule has 0 spiro atoms. The van der Waals surface area contributed by atoms with Gasteiger partial charge in [-0.3, -0.25) is 9.59 Å². The zero-order valence-electron chi connectivity index (χ0n) is 41.3. The standard InChI is InChI=1S/C56H89NO8/c1-6-8-10-12-14-16-18-20-21-22-23-24-25-26-27-28-29-30-31-32-33-35-37-39-41-43-45-47-54(59)65-52(51-64-56(55(60)61)62-49-48-57(3,4)5)50-63-53(58)46-44-42-40-38-36-34-19-17-15-13-11-9-7-2/h8-11,14-17,20-21,23-24,26-27,29-30,32-34,36,52,56H,6-7,12-13,18-19,22,25,28,31,35,37-51H2,1-5H3/p+1/b10-8-,11-9-,16-14-,17-15-,21-20-,24-23-,27-26-,30-29-,33-32-,36-34-. The van der Waals surface area contributed by atoms with Crippen molar-refractivity contribution in [2.45, 2.75) is 167 Å². The maximum absolute atomic E-state index is 12.8. The first-order valence-corrected chi connectivity index (χ1v) is 24.7. The van der Waals surface area contributed by atoms with Gasteiger partial charge in [0.05, 0.1) is 34.4 Å². The van der Waals surface area contributed by atoms with Crippen molar-refractivity contribution in [2.75, 3.05) is 47.5 Å². The summed E-state index contributed by atoms with van der Waals surface area (Å²) in [7, 11) is 5.93. The lowest BCUT2D eigenvalue weighted by atomic mass is 10.1. The number of allylic oxidation sites excluding steroid dienone is 20. The number of aliphatic carboxylic acids is 1. The number of likely N-dealkylation sites (N-methyl/N-ethyl adjacent to an activating group) is 1. The van der Waals surface area contributed by atoms with E-state index in [1.54, 1.807) is 0 Å². The second-order valence-electron chi connectivity index (χ2n) is 17.0. The summed E-state index contributed by atoms with van der Waals surface area (Å²) >= 11 is 0. The molecule has 0 saturated carbocycles. The van der Waals surface area contributed by atoms with E-state index in [2.05, 4.69) is 135 Å². The fourth-order valence-electron chi connectivity index (χ4n) is 5.95. The van der Waals surface area contributed by atoms with Gasteiger partial charge in [0, 0.05) is 12.8 Å². The SMILES string of the molecule is CC/C=C\C/C=C\C/C=C\C/C=C\C/C=C\C/C=C\C/C=C\CCCCCCCC(=O)OC(COC(=O)CCCCC/C=C\C/C=C\C/C=C\CC)COC(OCC[N+](C)(C)C)C(=O)O. The van der Waals surface area contributed by atoms with Crippen LogP contribution in [-0.4, -0.2) is 87.4 Å². The van der Waals surface area contributed by atoms with E-state index in [-0.39, 0.29) is 38.6 Å². The molecule has 0 aliphatic carbocycles. The highest BCUT2D eigenvalue weighted by Gasteiger charge is 2.25. The zero-order valence-corrected chi connectivity index (χ0v) is 41.3. The van der Waals surface area contributed by atoms with Gasteiger partial charge in [0.1, 0.15) is 13.2 Å². The van der Waals surface area contributed by atoms with Crippen LogP contribution < -0.4 is 0 Å². The number of carbonyl (C=O) groups is 3. The van der Waals surface area contributed by atoms with Crippen LogP contribution in [0.5, 0.6) is 0 Å². The van der Waals surface area contributed by atoms with Crippen LogP contribution in [0.1, 0.15) is 155 Å².